The van der Waals surface area contributed by atoms with E-state index in [1.165, 1.54) is 5.69 Å². The Bertz CT molecular complexity index is 779. The van der Waals surface area contributed by atoms with E-state index in [4.69, 9.17) is 4.74 Å². The molecule has 5 nitrogen and oxygen atoms in total. The Morgan fingerprint density at radius 3 is 2.57 bits per heavy atom. The molecule has 0 atom stereocenters. The van der Waals surface area contributed by atoms with Crippen molar-refractivity contribution in [2.24, 2.45) is 0 Å². The van der Waals surface area contributed by atoms with Gasteiger partial charge in [0.15, 0.2) is 0 Å². The third-order valence-corrected chi connectivity index (χ3v) is 4.12. The van der Waals surface area contributed by atoms with Crippen LogP contribution in [0.4, 0.5) is 5.69 Å². The number of nitrogens with zero attached hydrogens (tertiary/aromatic N) is 3. The van der Waals surface area contributed by atoms with Crippen molar-refractivity contribution in [3.8, 4) is 22.5 Å². The molecule has 0 amide bonds. The molecule has 1 saturated heterocycles. The maximum absolute atomic E-state index is 5.48. The van der Waals surface area contributed by atoms with Gasteiger partial charge in [0, 0.05) is 54.7 Å². The van der Waals surface area contributed by atoms with Gasteiger partial charge in [-0.15, -0.1) is 0 Å². The minimum absolute atomic E-state index is 0.765. The number of ether oxygens (including phenoxy) is 1. The normalized spacial score (nSPS) is 14.9. The topological polar surface area (TPSA) is 54.0 Å². The molecule has 5 heteroatoms. The second-order valence-corrected chi connectivity index (χ2v) is 5.48. The highest BCUT2D eigenvalue weighted by Gasteiger charge is 2.18. The lowest BCUT2D eigenvalue weighted by Crippen LogP contribution is -2.36. The molecule has 1 N–H and O–H groups in total. The quantitative estimate of drug-likeness (QED) is 0.808. The Hall–Kier alpha value is -2.66. The largest absolute Gasteiger partial charge is 0.378 e. The minimum Gasteiger partial charge on any atom is -0.378 e. The summed E-state index contributed by atoms with van der Waals surface area (Å²) in [5.74, 6) is 0.873. The predicted octanol–water partition coefficient (Wildman–Crippen LogP) is 2.98. The number of hydrogen-bond acceptors (Lipinski definition) is 4. The lowest BCUT2D eigenvalue weighted by atomic mass is 9.98. The Labute approximate surface area is 135 Å². The van der Waals surface area contributed by atoms with Crippen molar-refractivity contribution in [1.29, 1.82) is 0 Å². The predicted molar refractivity (Wildman–Crippen MR) is 90.3 cm³/mol. The van der Waals surface area contributed by atoms with Gasteiger partial charge in [-0.25, -0.2) is 4.98 Å². The fourth-order valence-corrected chi connectivity index (χ4v) is 3.01. The van der Waals surface area contributed by atoms with Crippen molar-refractivity contribution in [3.05, 3.63) is 55.1 Å². The summed E-state index contributed by atoms with van der Waals surface area (Å²) >= 11 is 0. The van der Waals surface area contributed by atoms with E-state index in [1.807, 2.05) is 24.7 Å². The number of aromatic amines is 1. The van der Waals surface area contributed by atoms with E-state index in [1.54, 1.807) is 6.20 Å². The van der Waals surface area contributed by atoms with Gasteiger partial charge in [-0.2, -0.15) is 0 Å². The van der Waals surface area contributed by atoms with E-state index in [2.05, 4.69) is 44.1 Å². The van der Waals surface area contributed by atoms with E-state index >= 15 is 0 Å². The molecule has 1 aliphatic heterocycles. The zero-order valence-corrected chi connectivity index (χ0v) is 12.8. The molecule has 0 radical (unpaired) electrons. The Morgan fingerprint density at radius 2 is 1.78 bits per heavy atom. The number of rotatable bonds is 3. The number of imidazole rings is 1. The third kappa shape index (κ3) is 2.71. The summed E-state index contributed by atoms with van der Waals surface area (Å²) in [7, 11) is 0. The summed E-state index contributed by atoms with van der Waals surface area (Å²) in [6.45, 7) is 3.34. The van der Waals surface area contributed by atoms with Crippen LogP contribution in [0.1, 0.15) is 0 Å². The molecule has 0 bridgehead atoms. The SMILES string of the molecule is c1ccc(-c2cnccc2N2CCOCC2)c(-c2ncc[nH]2)c1. The van der Waals surface area contributed by atoms with Crippen LogP contribution >= 0.6 is 0 Å². The molecule has 0 saturated carbocycles. The number of benzene rings is 1. The van der Waals surface area contributed by atoms with Gasteiger partial charge in [0.25, 0.3) is 0 Å². The average molecular weight is 306 g/mol. The summed E-state index contributed by atoms with van der Waals surface area (Å²) in [4.78, 5) is 14.3. The molecule has 3 aromatic rings. The van der Waals surface area contributed by atoms with Gasteiger partial charge in [-0.3, -0.25) is 4.98 Å². The molecular weight excluding hydrogens is 288 g/mol. The van der Waals surface area contributed by atoms with E-state index in [0.717, 1.165) is 48.8 Å². The summed E-state index contributed by atoms with van der Waals surface area (Å²) in [5.41, 5.74) is 4.54. The van der Waals surface area contributed by atoms with E-state index in [-0.39, 0.29) is 0 Å². The molecule has 0 aliphatic carbocycles. The maximum atomic E-state index is 5.48. The van der Waals surface area contributed by atoms with Crippen LogP contribution in [-0.4, -0.2) is 41.3 Å². The average Bonchev–Trinajstić information content (AvgIpc) is 3.17. The number of morpholine rings is 1. The highest BCUT2D eigenvalue weighted by Crippen LogP contribution is 2.36. The fourth-order valence-electron chi connectivity index (χ4n) is 3.01. The number of H-pyrrole nitrogens is 1. The first kappa shape index (κ1) is 14.0. The van der Waals surface area contributed by atoms with Crippen molar-refractivity contribution < 1.29 is 4.74 Å². The lowest BCUT2D eigenvalue weighted by molar-refractivity contribution is 0.123. The van der Waals surface area contributed by atoms with Gasteiger partial charge < -0.3 is 14.6 Å². The van der Waals surface area contributed by atoms with Crippen LogP contribution in [0.15, 0.2) is 55.1 Å². The van der Waals surface area contributed by atoms with Crippen molar-refractivity contribution in [2.45, 2.75) is 0 Å². The van der Waals surface area contributed by atoms with Crippen LogP contribution in [0.3, 0.4) is 0 Å². The van der Waals surface area contributed by atoms with Crippen LogP contribution in [0.2, 0.25) is 0 Å². The van der Waals surface area contributed by atoms with E-state index < -0.39 is 0 Å². The van der Waals surface area contributed by atoms with Crippen LogP contribution in [-0.2, 0) is 4.74 Å². The summed E-state index contributed by atoms with van der Waals surface area (Å²) in [6, 6.07) is 10.4. The fraction of sp³-hybridized carbons (Fsp3) is 0.222. The Kier molecular flexibility index (Phi) is 3.78. The first-order valence-corrected chi connectivity index (χ1v) is 7.79. The molecule has 23 heavy (non-hydrogen) atoms. The highest BCUT2D eigenvalue weighted by atomic mass is 16.5. The van der Waals surface area contributed by atoms with Crippen molar-refractivity contribution in [3.63, 3.8) is 0 Å². The number of pyridine rings is 1. The van der Waals surface area contributed by atoms with Gasteiger partial charge in [0.1, 0.15) is 5.82 Å². The zero-order chi connectivity index (χ0) is 15.5. The number of hydrogen-bond donors (Lipinski definition) is 1. The van der Waals surface area contributed by atoms with Crippen molar-refractivity contribution >= 4 is 5.69 Å². The molecule has 0 spiro atoms. The number of aromatic nitrogens is 3. The molecular formula is C18H18N4O. The van der Waals surface area contributed by atoms with Crippen LogP contribution < -0.4 is 4.90 Å². The van der Waals surface area contributed by atoms with Crippen LogP contribution in [0, 0.1) is 0 Å². The Balaban J connectivity index is 1.83. The maximum Gasteiger partial charge on any atom is 0.137 e. The van der Waals surface area contributed by atoms with Gasteiger partial charge in [-0.05, 0) is 11.6 Å². The minimum atomic E-state index is 0.765. The molecule has 4 rings (SSSR count). The molecule has 1 aliphatic rings. The smallest absolute Gasteiger partial charge is 0.137 e. The number of anilines is 1. The standard InChI is InChI=1S/C18H18N4O/c1-2-4-15(18-20-7-8-21-18)14(3-1)16-13-19-6-5-17(16)22-9-11-23-12-10-22/h1-8,13H,9-12H2,(H,20,21). The molecule has 116 valence electrons. The molecule has 1 aromatic carbocycles. The van der Waals surface area contributed by atoms with E-state index in [0.29, 0.717) is 0 Å². The molecule has 0 unspecified atom stereocenters. The van der Waals surface area contributed by atoms with E-state index in [9.17, 15) is 0 Å². The van der Waals surface area contributed by atoms with Crippen LogP contribution in [0.25, 0.3) is 22.5 Å². The molecule has 1 fully saturated rings. The first-order chi connectivity index (χ1) is 11.4. The summed E-state index contributed by atoms with van der Waals surface area (Å²) in [5, 5.41) is 0. The first-order valence-electron chi connectivity index (χ1n) is 7.79. The second kappa shape index (κ2) is 6.22. The Morgan fingerprint density at radius 1 is 0.957 bits per heavy atom. The molecule has 2 aromatic heterocycles. The van der Waals surface area contributed by atoms with Crippen molar-refractivity contribution in [2.75, 3.05) is 31.2 Å². The van der Waals surface area contributed by atoms with Crippen molar-refractivity contribution in [1.82, 2.24) is 15.0 Å². The number of nitrogens with one attached hydrogen (secondary N) is 1. The third-order valence-electron chi connectivity index (χ3n) is 4.12. The highest BCUT2D eigenvalue weighted by molar-refractivity contribution is 5.87. The van der Waals surface area contributed by atoms with Crippen LogP contribution in [0.5, 0.6) is 0 Å². The lowest BCUT2D eigenvalue weighted by Gasteiger charge is -2.30. The van der Waals surface area contributed by atoms with Gasteiger partial charge in [-0.1, -0.05) is 24.3 Å². The molecule has 3 heterocycles. The monoisotopic (exact) mass is 306 g/mol. The summed E-state index contributed by atoms with van der Waals surface area (Å²) < 4.78 is 5.48. The van der Waals surface area contributed by atoms with Gasteiger partial charge in [0.2, 0.25) is 0 Å². The van der Waals surface area contributed by atoms with Gasteiger partial charge in [0.05, 0.1) is 13.2 Å². The second-order valence-electron chi connectivity index (χ2n) is 5.48. The van der Waals surface area contributed by atoms with Gasteiger partial charge >= 0.3 is 0 Å². The zero-order valence-electron chi connectivity index (χ0n) is 12.8. The summed E-state index contributed by atoms with van der Waals surface area (Å²) in [6.07, 6.45) is 7.41.